The second-order valence-corrected chi connectivity index (χ2v) is 35.5. The molecule has 7 heterocycles. The van der Waals surface area contributed by atoms with E-state index in [9.17, 15) is 48.9 Å². The third-order valence-corrected chi connectivity index (χ3v) is 24.6. The van der Waals surface area contributed by atoms with Crippen molar-refractivity contribution in [3.63, 3.8) is 0 Å². The third-order valence-electron chi connectivity index (χ3n) is 22.2. The fourth-order valence-electron chi connectivity index (χ4n) is 14.5. The van der Waals surface area contributed by atoms with Crippen LogP contribution in [0.2, 0.25) is 10.0 Å². The molecule has 3 N–H and O–H groups in total. The number of amides is 4. The maximum atomic E-state index is 12.5. The fourth-order valence-corrected chi connectivity index (χ4v) is 16.5. The predicted octanol–water partition coefficient (Wildman–Crippen LogP) is 26.1. The molecule has 0 spiro atoms. The van der Waals surface area contributed by atoms with Crippen molar-refractivity contribution in [2.24, 2.45) is 0 Å². The van der Waals surface area contributed by atoms with E-state index in [1.807, 2.05) is 271 Å². The minimum Gasteiger partial charge on any atom is -0.494 e. The predicted molar refractivity (Wildman–Crippen MR) is 569 cm³/mol. The normalized spacial score (nSPS) is 12.9. The molecule has 15 aromatic rings. The average molecular weight is 2010 g/mol. The Balaban J connectivity index is 0.000000152. The molecule has 0 atom stereocenters. The monoisotopic (exact) mass is 2010 g/mol. The minimum atomic E-state index is -1.27. The second-order valence-electron chi connectivity index (χ2n) is 32.7. The molecule has 10 aromatic carbocycles. The van der Waals surface area contributed by atoms with Gasteiger partial charge < -0.3 is 29.5 Å². The van der Waals surface area contributed by atoms with Gasteiger partial charge in [-0.3, -0.25) is 43.4 Å². The Bertz CT molecular complexity index is 7320. The summed E-state index contributed by atoms with van der Waals surface area (Å²) in [7, 11) is 0. The average Bonchev–Trinajstić information content (AvgIpc) is 1.64. The number of para-hydroxylation sites is 1. The molecule has 0 aliphatic carbocycles. The van der Waals surface area contributed by atoms with Crippen molar-refractivity contribution in [1.29, 1.82) is 0 Å². The maximum Gasteiger partial charge on any atom is 0.333 e. The number of nitrogens with zero attached hydrogens (tertiary/aromatic N) is 15. The summed E-state index contributed by atoms with van der Waals surface area (Å²) < 4.78 is 25.4. The number of benzene rings is 10. The molecule has 0 radical (unpaired) electrons. The van der Waals surface area contributed by atoms with Crippen molar-refractivity contribution in [2.75, 3.05) is 32.9 Å². The van der Waals surface area contributed by atoms with E-state index in [0.29, 0.717) is 86.5 Å². The van der Waals surface area contributed by atoms with Gasteiger partial charge in [0.05, 0.1) is 106 Å². The Morgan fingerprint density at radius 1 is 0.345 bits per heavy atom. The van der Waals surface area contributed by atoms with Gasteiger partial charge in [0.15, 0.2) is 0 Å². The number of unbranched alkanes of at least 4 members (excludes halogenated alkanes) is 2. The molecule has 5 aromatic heterocycles. The van der Waals surface area contributed by atoms with Crippen molar-refractivity contribution in [3.8, 4) is 102 Å². The molecule has 0 saturated carbocycles. The van der Waals surface area contributed by atoms with Crippen LogP contribution >= 0.6 is 46.7 Å². The molecule has 0 bridgehead atoms. The number of imide groups is 2. The number of aryl methyl sites for hydroxylation is 4. The van der Waals surface area contributed by atoms with Gasteiger partial charge in [0.25, 0.3) is 39.4 Å². The van der Waals surface area contributed by atoms with Gasteiger partial charge in [-0.1, -0.05) is 163 Å². The zero-order valence-electron chi connectivity index (χ0n) is 80.5. The van der Waals surface area contributed by atoms with Crippen molar-refractivity contribution in [3.05, 3.63) is 401 Å². The van der Waals surface area contributed by atoms with Gasteiger partial charge in [-0.2, -0.15) is 25.5 Å². The zero-order chi connectivity index (χ0) is 103. The van der Waals surface area contributed by atoms with E-state index in [4.69, 9.17) is 67.3 Å². The number of rotatable bonds is 30. The maximum absolute atomic E-state index is 12.5. The molecule has 2 aliphatic rings. The second kappa shape index (κ2) is 50.3. The largest absolute Gasteiger partial charge is 0.494 e. The number of hydrogen-bond acceptors (Lipinski definition) is 17. The van der Waals surface area contributed by atoms with Crippen LogP contribution in [-0.4, -0.2) is 147 Å². The number of likely N-dealkylation sites (N-methyl/N-ethyl adjacent to an activating group) is 2. The van der Waals surface area contributed by atoms with E-state index in [1.54, 1.807) is 92.3 Å². The summed E-state index contributed by atoms with van der Waals surface area (Å²) >= 11 is 13.9. The van der Waals surface area contributed by atoms with Crippen molar-refractivity contribution < 1.29 is 63.1 Å². The van der Waals surface area contributed by atoms with Gasteiger partial charge in [-0.15, -0.1) is 0 Å². The van der Waals surface area contributed by atoms with Gasteiger partial charge in [-0.25, -0.2) is 37.9 Å². The summed E-state index contributed by atoms with van der Waals surface area (Å²) in [6.07, 6.45) is 20.6. The molecule has 2 saturated heterocycles. The molecule has 2 fully saturated rings. The zero-order valence-corrected chi connectivity index (χ0v) is 83.7. The number of carbonyl (C=O) groups is 7. The van der Waals surface area contributed by atoms with Crippen LogP contribution in [0.15, 0.2) is 307 Å². The number of carboxylic acid groups (broad SMARTS) is 3. The molecule has 28 nitrogen and oxygen atoms in total. The molecule has 0 unspecified atom stereocenters. The SMILES string of the molecule is CCN1C(=O)S/C(=C\c2cn(-c3ccc(Cl)cc3)nc2-c2ccc(C)cc2)C1=O.CCN1C(=O)S/C(=C\c2cn(-c3ccc(Cl)cc3)nc2-c2ccc(C)cc2)C1=O.[C-]#[N+]/C(=C/c1cn(-c2ccc(C)cc2)nc1-c1ccc(OCC)cc1)C(=O)O.[C-]#[N+]/C(=C/c1cn(-c2ccc(C)cc2)nc1-c1ccc(OCCCC)cc1)C(=O)O.[C-]#[N+]/C(=C/c1cn(-c2ccccc2)nc1-c1ccc(OCCCC)cc1)C(=O)O. The summed E-state index contributed by atoms with van der Waals surface area (Å²) in [6.45, 7) is 41.8. The first-order chi connectivity index (χ1) is 70.1. The summed E-state index contributed by atoms with van der Waals surface area (Å²) in [6, 6.07) is 78.4. The summed E-state index contributed by atoms with van der Waals surface area (Å²) in [5.74, 6) is -2.04. The van der Waals surface area contributed by atoms with Crippen LogP contribution < -0.4 is 14.2 Å². The molecule has 32 heteroatoms. The highest BCUT2D eigenvalue weighted by Gasteiger charge is 2.36. The van der Waals surface area contributed by atoms with Crippen LogP contribution in [0, 0.1) is 47.4 Å². The van der Waals surface area contributed by atoms with Crippen LogP contribution in [0.1, 0.15) is 110 Å². The van der Waals surface area contributed by atoms with Gasteiger partial charge in [0.2, 0.25) is 0 Å². The topological polar surface area (TPSA) is 317 Å². The van der Waals surface area contributed by atoms with Gasteiger partial charge in [-0.05, 0) is 273 Å². The van der Waals surface area contributed by atoms with Crippen molar-refractivity contribution >= 4 is 117 Å². The van der Waals surface area contributed by atoms with Gasteiger partial charge >= 0.3 is 17.9 Å². The van der Waals surface area contributed by atoms with E-state index in [-0.39, 0.29) is 39.4 Å². The Hall–Kier alpha value is -17.2. The Morgan fingerprint density at radius 3 is 0.848 bits per heavy atom. The lowest BCUT2D eigenvalue weighted by atomic mass is 10.1. The summed E-state index contributed by atoms with van der Waals surface area (Å²) in [5.41, 5.74) is 18.5. The highest BCUT2D eigenvalue weighted by Crippen LogP contribution is 2.39. The highest BCUT2D eigenvalue weighted by molar-refractivity contribution is 8.18. The Kier molecular flexibility index (Phi) is 36.4. The first-order valence-electron chi connectivity index (χ1n) is 46.1. The number of thioether (sulfide) groups is 2. The van der Waals surface area contributed by atoms with Crippen LogP contribution in [0.3, 0.4) is 0 Å². The number of ether oxygens (including phenoxy) is 3. The number of aliphatic carboxylic acids is 3. The van der Waals surface area contributed by atoms with Crippen LogP contribution in [0.5, 0.6) is 17.2 Å². The van der Waals surface area contributed by atoms with Crippen molar-refractivity contribution in [2.45, 2.75) is 88.0 Å². The lowest BCUT2D eigenvalue weighted by Gasteiger charge is -2.06. The molecule has 4 amide bonds. The van der Waals surface area contributed by atoms with Crippen LogP contribution in [0.4, 0.5) is 9.59 Å². The first-order valence-corrected chi connectivity index (χ1v) is 48.5. The van der Waals surface area contributed by atoms with E-state index in [2.05, 4.69) is 43.7 Å². The molecule has 730 valence electrons. The fraction of sp³-hybridized carbons (Fsp3) is 0.159. The smallest absolute Gasteiger partial charge is 0.333 e. The van der Waals surface area contributed by atoms with Gasteiger partial charge in [0, 0.05) is 110 Å². The van der Waals surface area contributed by atoms with Crippen molar-refractivity contribution in [1.82, 2.24) is 58.7 Å². The van der Waals surface area contributed by atoms with E-state index < -0.39 is 17.9 Å². The molecule has 145 heavy (non-hydrogen) atoms. The number of carbonyl (C=O) groups excluding carboxylic acids is 4. The molecular formula is C113H99Cl2N15O13S2. The quantitative estimate of drug-likeness (QED) is 0.0214. The molecular weight excluding hydrogens is 1910 g/mol. The van der Waals surface area contributed by atoms with Crippen LogP contribution in [-0.2, 0) is 24.0 Å². The number of hydrogen-bond donors (Lipinski definition) is 3. The van der Waals surface area contributed by atoms with E-state index in [0.717, 1.165) is 167 Å². The lowest BCUT2D eigenvalue weighted by molar-refractivity contribution is -0.133. The Labute approximate surface area is 857 Å². The molecule has 2 aliphatic heterocycles. The number of halogens is 2. The van der Waals surface area contributed by atoms with E-state index in [1.165, 1.54) is 28.0 Å². The third kappa shape index (κ3) is 27.5. The molecule has 17 rings (SSSR count). The lowest BCUT2D eigenvalue weighted by Crippen LogP contribution is -2.27. The Morgan fingerprint density at radius 2 is 0.593 bits per heavy atom. The first kappa shape index (κ1) is 105. The number of carboxylic acids is 3. The van der Waals surface area contributed by atoms with E-state index >= 15 is 0 Å². The highest BCUT2D eigenvalue weighted by atomic mass is 35.5. The standard InChI is InChI=1S/C24H23N3O3.C23H21N3O3.2C22H18ClN3O2S.C22H19N3O3/c1-4-5-14-30-21-12-8-18(9-13-21)23-19(15-22(25-3)24(28)29)16-27(26-23)20-10-6-17(2)7-11-20;1-3-4-14-29-20-12-10-17(11-13-20)22-18(15-21(24-2)23(27)28)16-26(25-22)19-8-6-5-7-9-19;2*1-3-25-21(27)19(29-22(25)28)12-16-13-26(18-10-8-17(23)9-11-18)24-20(16)15-6-4-14(2)5-7-15;1-4-28-19-11-7-16(8-12-19)21-17(13-20(23-3)22(26)27)14-25(24-21)18-9-5-15(2)6-10-18/h6-13,15-16H,4-5,14H2,1-2H3,(H,28,29);5-13,15-16H,3-4,14H2,1H3,(H,27,28);2*4-13H,3H2,1-2H3;5-14H,4H2,1-2H3,(H,26,27)/b22-15+;21-15+;2*19-12-;20-13+. The van der Waals surface area contributed by atoms with Gasteiger partial charge in [0.1, 0.15) is 17.2 Å². The minimum absolute atomic E-state index is 0.245. The van der Waals surface area contributed by atoms with Crippen LogP contribution in [0.25, 0.3) is 130 Å². The number of aromatic nitrogens is 10. The summed E-state index contributed by atoms with van der Waals surface area (Å²) in [5, 5.41) is 52.0. The summed E-state index contributed by atoms with van der Waals surface area (Å²) in [4.78, 5) is 95.7.